The molecule has 0 radical (unpaired) electrons. The molecule has 1 fully saturated rings. The molecule has 0 bridgehead atoms. The number of carbonyl (C=O) groups is 2. The second kappa shape index (κ2) is 5.19. The summed E-state index contributed by atoms with van der Waals surface area (Å²) < 4.78 is 5.08. The monoisotopic (exact) mass is 293 g/mol. The molecule has 4 atom stereocenters. The SMILES string of the molecule is O=C1c2ccccc2C(=O)N1[C@H]1C[C@H](O)[C@@H](CO)O[C@@H]1O. The molecular weight excluding hydrogens is 278 g/mol. The van der Waals surface area contributed by atoms with E-state index in [1.165, 1.54) is 0 Å². The quantitative estimate of drug-likeness (QED) is 0.611. The number of nitrogens with zero attached hydrogens (tertiary/aromatic N) is 1. The summed E-state index contributed by atoms with van der Waals surface area (Å²) in [5, 5.41) is 28.9. The van der Waals surface area contributed by atoms with E-state index in [0.29, 0.717) is 0 Å². The van der Waals surface area contributed by atoms with Crippen LogP contribution in [0.1, 0.15) is 27.1 Å². The smallest absolute Gasteiger partial charge is 0.261 e. The van der Waals surface area contributed by atoms with Gasteiger partial charge in [-0.1, -0.05) is 12.1 Å². The van der Waals surface area contributed by atoms with Gasteiger partial charge >= 0.3 is 0 Å². The van der Waals surface area contributed by atoms with E-state index in [9.17, 15) is 19.8 Å². The van der Waals surface area contributed by atoms with Crippen molar-refractivity contribution in [1.82, 2.24) is 4.90 Å². The molecule has 0 saturated carbocycles. The minimum absolute atomic E-state index is 0.0438. The van der Waals surface area contributed by atoms with E-state index in [0.717, 1.165) is 4.90 Å². The normalized spacial score (nSPS) is 32.4. The van der Waals surface area contributed by atoms with Gasteiger partial charge in [0.2, 0.25) is 0 Å². The molecule has 0 spiro atoms. The Bertz CT molecular complexity index is 554. The summed E-state index contributed by atoms with van der Waals surface area (Å²) in [5.41, 5.74) is 0.543. The number of carbonyl (C=O) groups excluding carboxylic acids is 2. The molecule has 1 aromatic carbocycles. The van der Waals surface area contributed by atoms with Gasteiger partial charge in [-0.3, -0.25) is 14.5 Å². The molecule has 0 aromatic heterocycles. The van der Waals surface area contributed by atoms with E-state index < -0.39 is 43.0 Å². The zero-order valence-electron chi connectivity index (χ0n) is 11.0. The first kappa shape index (κ1) is 14.2. The van der Waals surface area contributed by atoms with Crippen LogP contribution >= 0.6 is 0 Å². The van der Waals surface area contributed by atoms with Gasteiger partial charge in [0.1, 0.15) is 6.10 Å². The third kappa shape index (κ3) is 2.14. The van der Waals surface area contributed by atoms with E-state index in [2.05, 4.69) is 0 Å². The van der Waals surface area contributed by atoms with E-state index in [1.54, 1.807) is 24.3 Å². The number of amides is 2. The predicted molar refractivity (Wildman–Crippen MR) is 69.3 cm³/mol. The molecule has 1 aromatic rings. The molecule has 3 rings (SSSR count). The lowest BCUT2D eigenvalue weighted by Gasteiger charge is -2.39. The van der Waals surface area contributed by atoms with Crippen molar-refractivity contribution in [3.63, 3.8) is 0 Å². The van der Waals surface area contributed by atoms with Crippen molar-refractivity contribution in [1.29, 1.82) is 0 Å². The topological polar surface area (TPSA) is 107 Å². The maximum absolute atomic E-state index is 12.3. The first-order chi connectivity index (χ1) is 10.0. The second-order valence-corrected chi connectivity index (χ2v) is 5.14. The van der Waals surface area contributed by atoms with Gasteiger partial charge in [-0.15, -0.1) is 0 Å². The van der Waals surface area contributed by atoms with Crippen LogP contribution in [0.2, 0.25) is 0 Å². The van der Waals surface area contributed by atoms with Crippen LogP contribution in [0.4, 0.5) is 0 Å². The Morgan fingerprint density at radius 1 is 1.14 bits per heavy atom. The molecule has 2 heterocycles. The summed E-state index contributed by atoms with van der Waals surface area (Å²) in [6.45, 7) is -0.451. The number of aliphatic hydroxyl groups excluding tert-OH is 3. The Morgan fingerprint density at radius 2 is 1.71 bits per heavy atom. The summed E-state index contributed by atoms with van der Waals surface area (Å²) in [6, 6.07) is 5.41. The lowest BCUT2D eigenvalue weighted by molar-refractivity contribution is -0.229. The van der Waals surface area contributed by atoms with Gasteiger partial charge in [0.25, 0.3) is 11.8 Å². The molecule has 0 unspecified atom stereocenters. The molecule has 7 nitrogen and oxygen atoms in total. The number of fused-ring (bicyclic) bond motifs is 1. The Kier molecular flexibility index (Phi) is 3.50. The third-order valence-corrected chi connectivity index (χ3v) is 3.89. The number of imide groups is 1. The fourth-order valence-electron chi connectivity index (χ4n) is 2.78. The highest BCUT2D eigenvalue weighted by Gasteiger charge is 2.47. The standard InChI is InChI=1S/C14H15NO6/c16-6-11-10(17)5-9(14(20)21-11)15-12(18)7-3-1-2-4-8(7)13(15)19/h1-4,9-11,14,16-17,20H,5-6H2/t9-,10-,11+,14-/m0/s1. The van der Waals surface area contributed by atoms with Crippen LogP contribution < -0.4 is 0 Å². The van der Waals surface area contributed by atoms with Gasteiger partial charge in [0, 0.05) is 6.42 Å². The molecule has 2 amide bonds. The van der Waals surface area contributed by atoms with E-state index in [1.807, 2.05) is 0 Å². The molecule has 3 N–H and O–H groups in total. The lowest BCUT2D eigenvalue weighted by atomic mass is 9.99. The van der Waals surface area contributed by atoms with Crippen LogP contribution in [0.25, 0.3) is 0 Å². The predicted octanol–water partition coefficient (Wildman–Crippen LogP) is -0.888. The van der Waals surface area contributed by atoms with Crippen LogP contribution in [0.5, 0.6) is 0 Å². The molecule has 2 aliphatic rings. The first-order valence-electron chi connectivity index (χ1n) is 6.64. The first-order valence-corrected chi connectivity index (χ1v) is 6.64. The van der Waals surface area contributed by atoms with E-state index in [4.69, 9.17) is 9.84 Å². The molecule has 21 heavy (non-hydrogen) atoms. The number of benzene rings is 1. The Hall–Kier alpha value is -1.80. The van der Waals surface area contributed by atoms with Crippen LogP contribution in [0.3, 0.4) is 0 Å². The zero-order valence-corrected chi connectivity index (χ0v) is 11.0. The lowest BCUT2D eigenvalue weighted by Crippen LogP contribution is -2.56. The molecular formula is C14H15NO6. The number of aliphatic hydroxyl groups is 3. The molecule has 0 aliphatic carbocycles. The second-order valence-electron chi connectivity index (χ2n) is 5.14. The van der Waals surface area contributed by atoms with Crippen molar-refractivity contribution >= 4 is 11.8 Å². The fraction of sp³-hybridized carbons (Fsp3) is 0.429. The zero-order chi connectivity index (χ0) is 15.1. The van der Waals surface area contributed by atoms with Crippen LogP contribution in [0.15, 0.2) is 24.3 Å². The average molecular weight is 293 g/mol. The van der Waals surface area contributed by atoms with Gasteiger partial charge < -0.3 is 20.1 Å². The summed E-state index contributed by atoms with van der Waals surface area (Å²) in [4.78, 5) is 25.6. The summed E-state index contributed by atoms with van der Waals surface area (Å²) >= 11 is 0. The Morgan fingerprint density at radius 3 is 2.24 bits per heavy atom. The molecule has 7 heteroatoms. The molecule has 112 valence electrons. The third-order valence-electron chi connectivity index (χ3n) is 3.89. The Labute approximate surface area is 120 Å². The number of hydrogen-bond acceptors (Lipinski definition) is 6. The highest BCUT2D eigenvalue weighted by atomic mass is 16.6. The minimum Gasteiger partial charge on any atom is -0.394 e. The minimum atomic E-state index is -1.44. The van der Waals surface area contributed by atoms with Gasteiger partial charge in [-0.05, 0) is 12.1 Å². The number of ether oxygens (including phenoxy) is 1. The van der Waals surface area contributed by atoms with Gasteiger partial charge in [0.05, 0.1) is 29.9 Å². The number of rotatable bonds is 2. The summed E-state index contributed by atoms with van der Waals surface area (Å²) in [6.07, 6.45) is -3.47. The Balaban J connectivity index is 1.89. The molecule has 2 aliphatic heterocycles. The van der Waals surface area contributed by atoms with E-state index in [-0.39, 0.29) is 17.5 Å². The highest BCUT2D eigenvalue weighted by Crippen LogP contribution is 2.30. The van der Waals surface area contributed by atoms with E-state index >= 15 is 0 Å². The fourth-order valence-corrected chi connectivity index (χ4v) is 2.78. The van der Waals surface area contributed by atoms with Crippen molar-refractivity contribution in [2.75, 3.05) is 6.61 Å². The van der Waals surface area contributed by atoms with Crippen molar-refractivity contribution in [2.24, 2.45) is 0 Å². The van der Waals surface area contributed by atoms with Crippen molar-refractivity contribution in [3.05, 3.63) is 35.4 Å². The van der Waals surface area contributed by atoms with Gasteiger partial charge in [0.15, 0.2) is 6.29 Å². The highest BCUT2D eigenvalue weighted by molar-refractivity contribution is 6.21. The summed E-state index contributed by atoms with van der Waals surface area (Å²) in [7, 11) is 0. The van der Waals surface area contributed by atoms with Gasteiger partial charge in [-0.2, -0.15) is 0 Å². The van der Waals surface area contributed by atoms with Crippen molar-refractivity contribution < 1.29 is 29.6 Å². The average Bonchev–Trinajstić information content (AvgIpc) is 2.74. The maximum Gasteiger partial charge on any atom is 0.261 e. The van der Waals surface area contributed by atoms with Crippen molar-refractivity contribution in [3.8, 4) is 0 Å². The van der Waals surface area contributed by atoms with Crippen LogP contribution in [-0.2, 0) is 4.74 Å². The van der Waals surface area contributed by atoms with Crippen LogP contribution in [-0.4, -0.2) is 63.2 Å². The van der Waals surface area contributed by atoms with Crippen molar-refractivity contribution in [2.45, 2.75) is 31.0 Å². The summed E-state index contributed by atoms with van der Waals surface area (Å²) in [5.74, 6) is -1.03. The van der Waals surface area contributed by atoms with Gasteiger partial charge in [-0.25, -0.2) is 0 Å². The molecule has 1 saturated heterocycles. The number of hydrogen-bond donors (Lipinski definition) is 3. The van der Waals surface area contributed by atoms with Crippen LogP contribution in [0, 0.1) is 0 Å². The largest absolute Gasteiger partial charge is 0.394 e. The maximum atomic E-state index is 12.3.